The molecule has 0 spiro atoms. The number of ether oxygens (including phenoxy) is 1. The van der Waals surface area contributed by atoms with Crippen molar-refractivity contribution in [3.05, 3.63) is 89.7 Å². The van der Waals surface area contributed by atoms with Gasteiger partial charge >= 0.3 is 5.97 Å². The van der Waals surface area contributed by atoms with Crippen LogP contribution in [0.25, 0.3) is 10.6 Å². The average Bonchev–Trinajstić information content (AvgIpc) is 3.61. The van der Waals surface area contributed by atoms with Crippen LogP contribution in [0.5, 0.6) is 0 Å². The molecule has 9 nitrogen and oxygen atoms in total. The summed E-state index contributed by atoms with van der Waals surface area (Å²) in [5.74, 6) is 0.00194. The molecule has 3 heterocycles. The van der Waals surface area contributed by atoms with E-state index < -0.39 is 15.2 Å². The quantitative estimate of drug-likeness (QED) is 0.0747. The molecule has 1 unspecified atom stereocenters. The van der Waals surface area contributed by atoms with Gasteiger partial charge < -0.3 is 10.1 Å². The van der Waals surface area contributed by atoms with E-state index in [1.54, 1.807) is 47.9 Å². The van der Waals surface area contributed by atoms with Gasteiger partial charge in [0.15, 0.2) is 10.4 Å². The number of rotatable bonds is 20. The van der Waals surface area contributed by atoms with Crippen LogP contribution < -0.4 is 10.6 Å². The third-order valence-electron chi connectivity index (χ3n) is 7.33. The van der Waals surface area contributed by atoms with E-state index in [0.717, 1.165) is 35.4 Å². The molecule has 0 aliphatic rings. The van der Waals surface area contributed by atoms with Gasteiger partial charge in [-0.25, -0.2) is 23.4 Å². The molecule has 240 valence electrons. The summed E-state index contributed by atoms with van der Waals surface area (Å²) in [5, 5.41) is 7.78. The number of aromatic nitrogens is 3. The number of hydrogen-bond acceptors (Lipinski definition) is 10. The summed E-state index contributed by atoms with van der Waals surface area (Å²) in [6.45, 7) is 2.83. The second-order valence-electron chi connectivity index (χ2n) is 10.9. The number of benzene rings is 1. The van der Waals surface area contributed by atoms with E-state index in [0.29, 0.717) is 12.4 Å². The molecule has 0 aliphatic carbocycles. The van der Waals surface area contributed by atoms with Crippen molar-refractivity contribution in [2.45, 2.75) is 81.7 Å². The van der Waals surface area contributed by atoms with Crippen molar-refractivity contribution in [2.24, 2.45) is 0 Å². The molecule has 3 aromatic heterocycles. The Kier molecular flexibility index (Phi) is 13.9. The van der Waals surface area contributed by atoms with E-state index in [9.17, 15) is 13.2 Å². The molecular weight excluding hydrogens is 607 g/mol. The predicted octanol–water partition coefficient (Wildman–Crippen LogP) is 7.35. The number of thiazole rings is 1. The Morgan fingerprint density at radius 1 is 0.867 bits per heavy atom. The molecule has 1 atom stereocenters. The summed E-state index contributed by atoms with van der Waals surface area (Å²) >= 11 is 1.56. The van der Waals surface area contributed by atoms with Gasteiger partial charge in [-0.3, -0.25) is 10.1 Å². The first-order valence-electron chi connectivity index (χ1n) is 15.7. The summed E-state index contributed by atoms with van der Waals surface area (Å²) < 4.78 is 32.9. The highest BCUT2D eigenvalue weighted by molar-refractivity contribution is 7.91. The summed E-state index contributed by atoms with van der Waals surface area (Å²) in [4.78, 5) is 25.3. The first-order valence-corrected chi connectivity index (χ1v) is 18.1. The zero-order valence-corrected chi connectivity index (χ0v) is 27.5. The number of anilines is 1. The maximum absolute atomic E-state index is 13.7. The lowest BCUT2D eigenvalue weighted by Crippen LogP contribution is -2.30. The molecule has 45 heavy (non-hydrogen) atoms. The van der Waals surface area contributed by atoms with Crippen LogP contribution in [0.1, 0.15) is 81.3 Å². The van der Waals surface area contributed by atoms with E-state index in [-0.39, 0.29) is 29.8 Å². The summed E-state index contributed by atoms with van der Waals surface area (Å²) in [5.41, 5.74) is 2.19. The van der Waals surface area contributed by atoms with Crippen molar-refractivity contribution >= 4 is 33.0 Å². The molecule has 0 fully saturated rings. The number of unbranched alkanes of at least 4 members (excludes halogenated alkanes) is 8. The lowest BCUT2D eigenvalue weighted by Gasteiger charge is -2.19. The van der Waals surface area contributed by atoms with Gasteiger partial charge in [0.25, 0.3) is 0 Å². The van der Waals surface area contributed by atoms with E-state index in [1.807, 2.05) is 29.6 Å². The van der Waals surface area contributed by atoms with Crippen LogP contribution in [0.3, 0.4) is 0 Å². The summed E-state index contributed by atoms with van der Waals surface area (Å²) in [6, 6.07) is 17.7. The summed E-state index contributed by atoms with van der Waals surface area (Å²) in [7, 11) is -3.96. The molecule has 2 N–H and O–H groups in total. The molecule has 11 heteroatoms. The molecule has 0 amide bonds. The van der Waals surface area contributed by atoms with Crippen LogP contribution in [-0.4, -0.2) is 42.5 Å². The van der Waals surface area contributed by atoms with Crippen LogP contribution in [-0.2, 0) is 25.9 Å². The zero-order chi connectivity index (χ0) is 31.7. The Morgan fingerprint density at radius 2 is 1.62 bits per heavy atom. The molecular formula is C34H43N5O4S2. The Bertz CT molecular complexity index is 1530. The SMILES string of the molecule is CCCCCCCCCCCOC(=O)CNc1cccc(C(NCc2ccc(-c3nccs3)cc2)S(=O)(=O)c2ccccn2)n1. The number of carbonyl (C=O) groups is 1. The van der Waals surface area contributed by atoms with Gasteiger partial charge in [-0.1, -0.05) is 94.7 Å². The minimum atomic E-state index is -3.96. The molecule has 0 radical (unpaired) electrons. The zero-order valence-electron chi connectivity index (χ0n) is 25.9. The summed E-state index contributed by atoms with van der Waals surface area (Å²) in [6.07, 6.45) is 14.0. The molecule has 1 aromatic carbocycles. The fourth-order valence-electron chi connectivity index (χ4n) is 4.86. The standard InChI is InChI=1S/C34H43N5O4S2/c1-2-3-4-5-6-7-8-9-12-23-43-32(40)26-37-30-15-13-14-29(39-30)34(45(41,42)31-16-10-11-21-35-31)38-25-27-17-19-28(20-18-27)33-36-22-24-44-33/h10-11,13-22,24,34,38H,2-9,12,23,25-26H2,1H3,(H,37,39). The normalized spacial score (nSPS) is 12.1. The van der Waals surface area contributed by atoms with Crippen molar-refractivity contribution in [3.63, 3.8) is 0 Å². The van der Waals surface area contributed by atoms with Crippen molar-refractivity contribution in [3.8, 4) is 10.6 Å². The Labute approximate surface area is 270 Å². The lowest BCUT2D eigenvalue weighted by atomic mass is 10.1. The first kappa shape index (κ1) is 34.2. The number of nitrogens with one attached hydrogen (secondary N) is 2. The molecule has 4 aromatic rings. The maximum atomic E-state index is 13.7. The Morgan fingerprint density at radius 3 is 2.31 bits per heavy atom. The number of sulfone groups is 1. The van der Waals surface area contributed by atoms with Gasteiger partial charge in [-0.05, 0) is 36.2 Å². The van der Waals surface area contributed by atoms with Crippen LogP contribution >= 0.6 is 11.3 Å². The minimum absolute atomic E-state index is 0.0538. The maximum Gasteiger partial charge on any atom is 0.325 e. The minimum Gasteiger partial charge on any atom is -0.464 e. The van der Waals surface area contributed by atoms with Gasteiger partial charge in [-0.2, -0.15) is 0 Å². The average molecular weight is 650 g/mol. The molecule has 0 saturated carbocycles. The second kappa shape index (κ2) is 18.3. The highest BCUT2D eigenvalue weighted by atomic mass is 32.2. The Hall–Kier alpha value is -3.67. The van der Waals surface area contributed by atoms with Crippen LogP contribution in [0.2, 0.25) is 0 Å². The topological polar surface area (TPSA) is 123 Å². The fraction of sp³-hybridized carbons (Fsp3) is 0.412. The highest BCUT2D eigenvalue weighted by Gasteiger charge is 2.31. The number of nitrogens with zero attached hydrogens (tertiary/aromatic N) is 3. The fourth-order valence-corrected chi connectivity index (χ4v) is 6.97. The smallest absolute Gasteiger partial charge is 0.325 e. The number of carbonyl (C=O) groups excluding carboxylic acids is 1. The number of hydrogen-bond donors (Lipinski definition) is 2. The lowest BCUT2D eigenvalue weighted by molar-refractivity contribution is -0.141. The third kappa shape index (κ3) is 11.0. The van der Waals surface area contributed by atoms with Crippen molar-refractivity contribution < 1.29 is 17.9 Å². The van der Waals surface area contributed by atoms with Gasteiger partial charge in [-0.15, -0.1) is 11.3 Å². The predicted molar refractivity (Wildman–Crippen MR) is 179 cm³/mol. The van der Waals surface area contributed by atoms with E-state index >= 15 is 0 Å². The molecule has 4 rings (SSSR count). The van der Waals surface area contributed by atoms with E-state index in [2.05, 4.69) is 32.5 Å². The van der Waals surface area contributed by atoms with E-state index in [4.69, 9.17) is 4.74 Å². The first-order chi connectivity index (χ1) is 22.0. The van der Waals surface area contributed by atoms with Gasteiger partial charge in [0.1, 0.15) is 17.4 Å². The molecule has 0 aliphatic heterocycles. The van der Waals surface area contributed by atoms with Crippen molar-refractivity contribution in [1.82, 2.24) is 20.3 Å². The third-order valence-corrected chi connectivity index (χ3v) is 10.0. The van der Waals surface area contributed by atoms with Crippen molar-refractivity contribution in [2.75, 3.05) is 18.5 Å². The monoisotopic (exact) mass is 649 g/mol. The number of pyridine rings is 2. The van der Waals surface area contributed by atoms with Crippen LogP contribution in [0, 0.1) is 0 Å². The molecule has 0 bridgehead atoms. The highest BCUT2D eigenvalue weighted by Crippen LogP contribution is 2.27. The van der Waals surface area contributed by atoms with Crippen LogP contribution in [0.4, 0.5) is 5.82 Å². The van der Waals surface area contributed by atoms with Crippen LogP contribution in [0.15, 0.2) is 83.5 Å². The van der Waals surface area contributed by atoms with Gasteiger partial charge in [0.05, 0.1) is 12.3 Å². The van der Waals surface area contributed by atoms with Crippen molar-refractivity contribution in [1.29, 1.82) is 0 Å². The second-order valence-corrected chi connectivity index (χ2v) is 13.7. The number of esters is 1. The van der Waals surface area contributed by atoms with Gasteiger partial charge in [0.2, 0.25) is 9.84 Å². The molecule has 0 saturated heterocycles. The Balaban J connectivity index is 1.33. The van der Waals surface area contributed by atoms with E-state index in [1.165, 1.54) is 50.8 Å². The largest absolute Gasteiger partial charge is 0.464 e. The van der Waals surface area contributed by atoms with Gasteiger partial charge in [0, 0.05) is 29.9 Å².